The van der Waals surface area contributed by atoms with Crippen LogP contribution in [0.2, 0.25) is 0 Å². The molecule has 11 heavy (non-hydrogen) atoms. The van der Waals surface area contributed by atoms with Gasteiger partial charge in [0, 0.05) is 5.57 Å². The molecule has 0 aromatic rings. The van der Waals surface area contributed by atoms with Crippen molar-refractivity contribution in [3.8, 4) is 0 Å². The van der Waals surface area contributed by atoms with Gasteiger partial charge in [0.2, 0.25) is 0 Å². The van der Waals surface area contributed by atoms with Crippen molar-refractivity contribution >= 4 is 13.9 Å². The maximum atomic E-state index is 11.0. The highest BCUT2D eigenvalue weighted by Crippen LogP contribution is 2.37. The van der Waals surface area contributed by atoms with Crippen LogP contribution in [0, 0.1) is 0 Å². The van der Waals surface area contributed by atoms with E-state index in [4.69, 9.17) is 0 Å². The highest BCUT2D eigenvalue weighted by molar-refractivity contribution is 7.60. The molecule has 64 valence electrons. The summed E-state index contributed by atoms with van der Waals surface area (Å²) >= 11 is 0. The summed E-state index contributed by atoms with van der Waals surface area (Å²) < 4.78 is 4.60. The molecule has 0 aliphatic heterocycles. The van der Waals surface area contributed by atoms with Gasteiger partial charge in [0.1, 0.15) is 0 Å². The first-order chi connectivity index (χ1) is 5.00. The molecule has 0 atom stereocenters. The van der Waals surface area contributed by atoms with E-state index in [-0.39, 0.29) is 13.9 Å². The predicted molar refractivity (Wildman–Crippen MR) is 49.2 cm³/mol. The molecule has 0 amide bonds. The van der Waals surface area contributed by atoms with Crippen molar-refractivity contribution in [1.29, 1.82) is 0 Å². The molecule has 0 saturated carbocycles. The fourth-order valence-corrected chi connectivity index (χ4v) is 1.40. The lowest BCUT2D eigenvalue weighted by Crippen LogP contribution is -2.03. The van der Waals surface area contributed by atoms with Crippen LogP contribution in [0.25, 0.3) is 0 Å². The van der Waals surface area contributed by atoms with Crippen LogP contribution in [-0.2, 0) is 9.53 Å². The second kappa shape index (κ2) is 4.50. The Labute approximate surface area is 69.4 Å². The molecule has 0 aliphatic rings. The molecule has 0 radical (unpaired) electrons. The Bertz CT molecular complexity index is 183. The van der Waals surface area contributed by atoms with E-state index in [1.54, 1.807) is 0 Å². The molecule has 3 heteroatoms. The number of ether oxygens (including phenoxy) is 1. The minimum absolute atomic E-state index is 0.160. The summed E-state index contributed by atoms with van der Waals surface area (Å²) in [4.78, 5) is 11.0. The zero-order valence-corrected chi connectivity index (χ0v) is 8.66. The van der Waals surface area contributed by atoms with Crippen LogP contribution in [0.4, 0.5) is 0 Å². The quantitative estimate of drug-likeness (QED) is 0.364. The maximum Gasteiger partial charge on any atom is 0.333 e. The Morgan fingerprint density at radius 3 is 2.00 bits per heavy atom. The van der Waals surface area contributed by atoms with Crippen LogP contribution in [0.5, 0.6) is 0 Å². The van der Waals surface area contributed by atoms with Crippen LogP contribution < -0.4 is 0 Å². The molecule has 0 spiro atoms. The van der Waals surface area contributed by atoms with Crippen LogP contribution in [0.1, 0.15) is 13.8 Å². The zero-order valence-electron chi connectivity index (χ0n) is 7.76. The minimum atomic E-state index is -0.210. The average molecular weight is 174 g/mol. The molecular formula is C8H15O2P. The molecule has 0 N–H and O–H groups in total. The van der Waals surface area contributed by atoms with Gasteiger partial charge in [-0.05, 0) is 32.5 Å². The van der Waals surface area contributed by atoms with Crippen molar-refractivity contribution in [2.75, 3.05) is 20.4 Å². The lowest BCUT2D eigenvalue weighted by molar-refractivity contribution is -0.136. The SMILES string of the molecule is COC(=O)/C(C)=C(/C)P(C)C. The normalized spacial score (nSPS) is 12.9. The van der Waals surface area contributed by atoms with Crippen LogP contribution >= 0.6 is 7.92 Å². The first-order valence-electron chi connectivity index (χ1n) is 3.43. The molecule has 0 rings (SSSR count). The minimum Gasteiger partial charge on any atom is -0.466 e. The van der Waals surface area contributed by atoms with Crippen molar-refractivity contribution < 1.29 is 9.53 Å². The summed E-state index contributed by atoms with van der Waals surface area (Å²) in [5, 5.41) is 1.16. The number of rotatable bonds is 2. The van der Waals surface area contributed by atoms with Gasteiger partial charge in [-0.2, -0.15) is 0 Å². The van der Waals surface area contributed by atoms with Crippen LogP contribution in [0.3, 0.4) is 0 Å². The van der Waals surface area contributed by atoms with Gasteiger partial charge in [0.25, 0.3) is 0 Å². The fourth-order valence-electron chi connectivity index (χ4n) is 0.636. The summed E-state index contributed by atoms with van der Waals surface area (Å²) in [5.74, 6) is -0.210. The summed E-state index contributed by atoms with van der Waals surface area (Å²) in [5.41, 5.74) is 0.753. The number of allylic oxidation sites excluding steroid dienone is 1. The molecule has 2 nitrogen and oxygen atoms in total. The van der Waals surface area contributed by atoms with Crippen molar-refractivity contribution in [2.45, 2.75) is 13.8 Å². The second-order valence-corrected chi connectivity index (χ2v) is 5.06. The smallest absolute Gasteiger partial charge is 0.333 e. The Kier molecular flexibility index (Phi) is 4.36. The van der Waals surface area contributed by atoms with E-state index in [9.17, 15) is 4.79 Å². The highest BCUT2D eigenvalue weighted by atomic mass is 31.1. The number of hydrogen-bond acceptors (Lipinski definition) is 2. The van der Waals surface area contributed by atoms with Gasteiger partial charge < -0.3 is 4.74 Å². The average Bonchev–Trinajstić information content (AvgIpc) is 2.00. The molecule has 0 aliphatic carbocycles. The zero-order chi connectivity index (χ0) is 9.02. The fraction of sp³-hybridized carbons (Fsp3) is 0.625. The summed E-state index contributed by atoms with van der Waals surface area (Å²) in [7, 11) is 1.25. The van der Waals surface area contributed by atoms with Crippen molar-refractivity contribution in [3.05, 3.63) is 10.9 Å². The highest BCUT2D eigenvalue weighted by Gasteiger charge is 2.08. The standard InChI is InChI=1S/C8H15O2P/c1-6(8(9)10-3)7(2)11(4)5/h1-5H3/b7-6-. The third-order valence-electron chi connectivity index (χ3n) is 1.71. The monoisotopic (exact) mass is 174 g/mol. The van der Waals surface area contributed by atoms with Gasteiger partial charge in [0.15, 0.2) is 0 Å². The van der Waals surface area contributed by atoms with Gasteiger partial charge in [0.05, 0.1) is 7.11 Å². The van der Waals surface area contributed by atoms with Crippen LogP contribution in [0.15, 0.2) is 10.9 Å². The predicted octanol–water partition coefficient (Wildman–Crippen LogP) is 2.19. The van der Waals surface area contributed by atoms with E-state index in [1.807, 2.05) is 13.8 Å². The molecule has 0 aromatic heterocycles. The van der Waals surface area contributed by atoms with E-state index in [2.05, 4.69) is 18.1 Å². The summed E-state index contributed by atoms with van der Waals surface area (Å²) in [6.45, 7) is 8.04. The third-order valence-corrected chi connectivity index (χ3v) is 3.38. The van der Waals surface area contributed by atoms with Crippen molar-refractivity contribution in [2.24, 2.45) is 0 Å². The van der Waals surface area contributed by atoms with Crippen LogP contribution in [-0.4, -0.2) is 26.4 Å². The molecule has 0 unspecified atom stereocenters. The number of esters is 1. The topological polar surface area (TPSA) is 26.3 Å². The largest absolute Gasteiger partial charge is 0.466 e. The lowest BCUT2D eigenvalue weighted by Gasteiger charge is -2.09. The van der Waals surface area contributed by atoms with Crippen molar-refractivity contribution in [1.82, 2.24) is 0 Å². The number of carbonyl (C=O) groups is 1. The number of methoxy groups -OCH3 is 1. The summed E-state index contributed by atoms with van der Waals surface area (Å²) in [6, 6.07) is 0. The molecule has 0 aromatic carbocycles. The summed E-state index contributed by atoms with van der Waals surface area (Å²) in [6.07, 6.45) is 0. The lowest BCUT2D eigenvalue weighted by atomic mass is 10.3. The van der Waals surface area contributed by atoms with Gasteiger partial charge in [-0.1, -0.05) is 7.92 Å². The molecule has 0 fully saturated rings. The van der Waals surface area contributed by atoms with E-state index in [1.165, 1.54) is 7.11 Å². The molecule has 0 saturated heterocycles. The molecular weight excluding hydrogens is 159 g/mol. The van der Waals surface area contributed by atoms with Gasteiger partial charge in [-0.25, -0.2) is 4.79 Å². The Balaban J connectivity index is 4.52. The first-order valence-corrected chi connectivity index (χ1v) is 5.67. The van der Waals surface area contributed by atoms with E-state index in [0.29, 0.717) is 0 Å². The Hall–Kier alpha value is -0.360. The van der Waals surface area contributed by atoms with Gasteiger partial charge >= 0.3 is 5.97 Å². The third kappa shape index (κ3) is 3.02. The van der Waals surface area contributed by atoms with E-state index < -0.39 is 0 Å². The van der Waals surface area contributed by atoms with Gasteiger partial charge in [-0.15, -0.1) is 0 Å². The Morgan fingerprint density at radius 2 is 1.73 bits per heavy atom. The molecule has 0 heterocycles. The van der Waals surface area contributed by atoms with Crippen molar-refractivity contribution in [3.63, 3.8) is 0 Å². The molecule has 0 bridgehead atoms. The number of hydrogen-bond donors (Lipinski definition) is 0. The second-order valence-electron chi connectivity index (χ2n) is 2.60. The van der Waals surface area contributed by atoms with E-state index in [0.717, 1.165) is 10.9 Å². The number of carbonyl (C=O) groups excluding carboxylic acids is 1. The first kappa shape index (κ1) is 10.6. The Morgan fingerprint density at radius 1 is 1.27 bits per heavy atom. The van der Waals surface area contributed by atoms with Gasteiger partial charge in [-0.3, -0.25) is 0 Å². The maximum absolute atomic E-state index is 11.0. The van der Waals surface area contributed by atoms with E-state index >= 15 is 0 Å².